The summed E-state index contributed by atoms with van der Waals surface area (Å²) in [4.78, 5) is 28.2. The summed E-state index contributed by atoms with van der Waals surface area (Å²) >= 11 is 1.42. The first kappa shape index (κ1) is 19.3. The van der Waals surface area contributed by atoms with Crippen LogP contribution >= 0.6 is 11.3 Å². The van der Waals surface area contributed by atoms with Gasteiger partial charge in [-0.05, 0) is 37.5 Å². The van der Waals surface area contributed by atoms with Crippen molar-refractivity contribution in [3.05, 3.63) is 45.3 Å². The van der Waals surface area contributed by atoms with Crippen LogP contribution in [0.2, 0.25) is 0 Å². The van der Waals surface area contributed by atoms with Crippen LogP contribution in [0.4, 0.5) is 0 Å². The number of hydrogen-bond donors (Lipinski definition) is 0. The molecule has 3 rings (SSSR count). The van der Waals surface area contributed by atoms with Crippen LogP contribution in [0.25, 0.3) is 21.5 Å². The number of aryl methyl sites for hydroxylation is 2. The summed E-state index contributed by atoms with van der Waals surface area (Å²) in [6, 6.07) is 5.41. The van der Waals surface area contributed by atoms with Gasteiger partial charge in [0.1, 0.15) is 16.3 Å². The van der Waals surface area contributed by atoms with Crippen molar-refractivity contribution in [1.82, 2.24) is 4.98 Å². The highest BCUT2D eigenvalue weighted by Gasteiger charge is 2.15. The molecule has 0 amide bonds. The molecule has 1 aromatic carbocycles. The van der Waals surface area contributed by atoms with E-state index in [0.717, 1.165) is 42.3 Å². The van der Waals surface area contributed by atoms with Crippen LogP contribution in [0.1, 0.15) is 50.8 Å². The lowest BCUT2D eigenvalue weighted by Crippen LogP contribution is -2.06. The zero-order valence-electron chi connectivity index (χ0n) is 15.8. The second kappa shape index (κ2) is 8.48. The lowest BCUT2D eigenvalue weighted by atomic mass is 10.0. The lowest BCUT2D eigenvalue weighted by Gasteiger charge is -2.11. The Morgan fingerprint density at radius 2 is 2.04 bits per heavy atom. The molecule has 0 bridgehead atoms. The number of unbranched alkanes of at least 4 members (excludes halogenated alkanes) is 3. The van der Waals surface area contributed by atoms with Gasteiger partial charge in [0.2, 0.25) is 0 Å². The molecule has 27 heavy (non-hydrogen) atoms. The SMILES string of the molecule is CCCCCCc1cc2cc(-c3nc(C)cs3)c(=O)oc2cc1OC(C)=O. The Kier molecular flexibility index (Phi) is 6.06. The monoisotopic (exact) mass is 385 g/mol. The number of carbonyl (C=O) groups excluding carboxylic acids is 1. The maximum atomic E-state index is 12.4. The quantitative estimate of drug-likeness (QED) is 0.240. The number of fused-ring (bicyclic) bond motifs is 1. The zero-order valence-corrected chi connectivity index (χ0v) is 16.6. The van der Waals surface area contributed by atoms with Gasteiger partial charge in [0.25, 0.3) is 0 Å². The van der Waals surface area contributed by atoms with Gasteiger partial charge in [0, 0.05) is 29.5 Å². The molecule has 6 heteroatoms. The first-order chi connectivity index (χ1) is 13.0. The van der Waals surface area contributed by atoms with E-state index >= 15 is 0 Å². The Morgan fingerprint density at radius 3 is 2.70 bits per heavy atom. The van der Waals surface area contributed by atoms with Crippen molar-refractivity contribution in [3.8, 4) is 16.3 Å². The molecule has 0 saturated carbocycles. The Bertz CT molecular complexity index is 1020. The number of carbonyl (C=O) groups is 1. The first-order valence-corrected chi connectivity index (χ1v) is 10.1. The first-order valence-electron chi connectivity index (χ1n) is 9.19. The van der Waals surface area contributed by atoms with Gasteiger partial charge in [-0.1, -0.05) is 26.2 Å². The molecular formula is C21H23NO4S. The topological polar surface area (TPSA) is 69.4 Å². The maximum absolute atomic E-state index is 12.4. The minimum absolute atomic E-state index is 0.388. The van der Waals surface area contributed by atoms with Crippen LogP contribution in [-0.2, 0) is 11.2 Å². The Morgan fingerprint density at radius 1 is 1.22 bits per heavy atom. The lowest BCUT2D eigenvalue weighted by molar-refractivity contribution is -0.131. The molecule has 0 aliphatic rings. The van der Waals surface area contributed by atoms with E-state index in [0.29, 0.717) is 21.9 Å². The molecule has 2 heterocycles. The third kappa shape index (κ3) is 4.63. The molecule has 3 aromatic rings. The molecule has 0 saturated heterocycles. The van der Waals surface area contributed by atoms with Gasteiger partial charge in [0.05, 0.1) is 5.56 Å². The average molecular weight is 385 g/mol. The van der Waals surface area contributed by atoms with Crippen molar-refractivity contribution in [2.24, 2.45) is 0 Å². The van der Waals surface area contributed by atoms with Gasteiger partial charge in [-0.2, -0.15) is 0 Å². The van der Waals surface area contributed by atoms with Crippen LogP contribution < -0.4 is 10.4 Å². The summed E-state index contributed by atoms with van der Waals surface area (Å²) in [5, 5.41) is 3.36. The summed E-state index contributed by atoms with van der Waals surface area (Å²) in [5.74, 6) is 0.0777. The number of nitrogens with zero attached hydrogens (tertiary/aromatic N) is 1. The fraction of sp³-hybridized carbons (Fsp3) is 0.381. The molecular weight excluding hydrogens is 362 g/mol. The Hall–Kier alpha value is -2.47. The highest BCUT2D eigenvalue weighted by Crippen LogP contribution is 2.30. The van der Waals surface area contributed by atoms with Gasteiger partial charge in [-0.3, -0.25) is 4.79 Å². The minimum Gasteiger partial charge on any atom is -0.426 e. The summed E-state index contributed by atoms with van der Waals surface area (Å²) in [5.41, 5.74) is 2.24. The smallest absolute Gasteiger partial charge is 0.346 e. The largest absolute Gasteiger partial charge is 0.426 e. The van der Waals surface area contributed by atoms with E-state index in [1.165, 1.54) is 24.7 Å². The summed E-state index contributed by atoms with van der Waals surface area (Å²) in [7, 11) is 0. The molecule has 0 spiro atoms. The van der Waals surface area contributed by atoms with Crippen molar-refractivity contribution >= 4 is 28.3 Å². The predicted molar refractivity (Wildman–Crippen MR) is 107 cm³/mol. The molecule has 2 aromatic heterocycles. The van der Waals surface area contributed by atoms with Crippen molar-refractivity contribution < 1.29 is 13.9 Å². The molecule has 5 nitrogen and oxygen atoms in total. The number of hydrogen-bond acceptors (Lipinski definition) is 6. The van der Waals surface area contributed by atoms with Crippen LogP contribution in [0.15, 0.2) is 32.8 Å². The fourth-order valence-electron chi connectivity index (χ4n) is 3.01. The number of thiazole rings is 1. The number of benzene rings is 1. The zero-order chi connectivity index (χ0) is 19.4. The Labute approximate surface area is 162 Å². The van der Waals surface area contributed by atoms with Crippen molar-refractivity contribution in [1.29, 1.82) is 0 Å². The molecule has 0 N–H and O–H groups in total. The van der Waals surface area contributed by atoms with Crippen LogP contribution in [0.5, 0.6) is 5.75 Å². The van der Waals surface area contributed by atoms with Crippen molar-refractivity contribution in [3.63, 3.8) is 0 Å². The molecule has 0 aliphatic carbocycles. The van der Waals surface area contributed by atoms with E-state index in [-0.39, 0.29) is 5.97 Å². The van der Waals surface area contributed by atoms with Gasteiger partial charge >= 0.3 is 11.6 Å². The standard InChI is InChI=1S/C21H23NO4S/c1-4-5-6-7-8-15-9-16-10-17(20-22-13(2)12-27-20)21(24)26-19(16)11-18(15)25-14(3)23/h9-12H,4-8H2,1-3H3. The second-order valence-corrected chi connectivity index (χ2v) is 7.50. The van der Waals surface area contributed by atoms with Crippen LogP contribution in [0, 0.1) is 6.92 Å². The second-order valence-electron chi connectivity index (χ2n) is 6.64. The predicted octanol–water partition coefficient (Wildman–Crippen LogP) is 5.27. The maximum Gasteiger partial charge on any atom is 0.346 e. The van der Waals surface area contributed by atoms with E-state index in [1.807, 2.05) is 24.4 Å². The summed E-state index contributed by atoms with van der Waals surface area (Å²) in [6.45, 7) is 5.43. The van der Waals surface area contributed by atoms with E-state index in [4.69, 9.17) is 9.15 Å². The number of ether oxygens (including phenoxy) is 1. The molecule has 0 atom stereocenters. The Balaban J connectivity index is 2.04. The number of aromatic nitrogens is 1. The van der Waals surface area contributed by atoms with Crippen molar-refractivity contribution in [2.45, 2.75) is 52.9 Å². The molecule has 142 valence electrons. The third-order valence-corrected chi connectivity index (χ3v) is 5.31. The highest BCUT2D eigenvalue weighted by atomic mass is 32.1. The van der Waals surface area contributed by atoms with E-state index in [9.17, 15) is 9.59 Å². The van der Waals surface area contributed by atoms with Crippen LogP contribution in [0.3, 0.4) is 0 Å². The van der Waals surface area contributed by atoms with Gasteiger partial charge < -0.3 is 9.15 Å². The fourth-order valence-corrected chi connectivity index (χ4v) is 3.81. The summed E-state index contributed by atoms with van der Waals surface area (Å²) in [6.07, 6.45) is 5.29. The normalized spacial score (nSPS) is 11.1. The number of rotatable bonds is 7. The van der Waals surface area contributed by atoms with E-state index in [1.54, 1.807) is 6.07 Å². The van der Waals surface area contributed by atoms with Crippen LogP contribution in [-0.4, -0.2) is 11.0 Å². The molecule has 0 unspecified atom stereocenters. The number of esters is 1. The van der Waals surface area contributed by atoms with Gasteiger partial charge in [-0.15, -0.1) is 11.3 Å². The minimum atomic E-state index is -0.443. The van der Waals surface area contributed by atoms with Gasteiger partial charge in [-0.25, -0.2) is 9.78 Å². The highest BCUT2D eigenvalue weighted by molar-refractivity contribution is 7.13. The molecule has 0 radical (unpaired) electrons. The summed E-state index contributed by atoms with van der Waals surface area (Å²) < 4.78 is 10.9. The van der Waals surface area contributed by atoms with E-state index in [2.05, 4.69) is 11.9 Å². The average Bonchev–Trinajstić information content (AvgIpc) is 3.04. The molecule has 0 fully saturated rings. The van der Waals surface area contributed by atoms with Crippen molar-refractivity contribution in [2.75, 3.05) is 0 Å². The van der Waals surface area contributed by atoms with E-state index < -0.39 is 5.63 Å². The molecule has 0 aliphatic heterocycles. The third-order valence-electron chi connectivity index (χ3n) is 4.32. The van der Waals surface area contributed by atoms with Gasteiger partial charge in [0.15, 0.2) is 0 Å².